The lowest BCUT2D eigenvalue weighted by atomic mass is 10.2. The van der Waals surface area contributed by atoms with Crippen LogP contribution < -0.4 is 30.2 Å². The minimum atomic E-state index is -0.341. The third-order valence-corrected chi connectivity index (χ3v) is 6.30. The highest BCUT2D eigenvalue weighted by atomic mass is 32.2. The predicted molar refractivity (Wildman–Crippen MR) is 142 cm³/mol. The summed E-state index contributed by atoms with van der Waals surface area (Å²) in [4.78, 5) is 25.3. The van der Waals surface area contributed by atoms with Gasteiger partial charge in [0.25, 0.3) is 11.8 Å². The molecule has 186 valence electrons. The number of carbonyl (C=O) groups excluding carboxylic acids is 2. The molecule has 0 bridgehead atoms. The zero-order chi connectivity index (χ0) is 25.5. The van der Waals surface area contributed by atoms with Crippen LogP contribution in [0, 0.1) is 6.92 Å². The Balaban J connectivity index is 1.40. The van der Waals surface area contributed by atoms with Gasteiger partial charge in [-0.15, -0.1) is 0 Å². The van der Waals surface area contributed by atoms with Crippen LogP contribution >= 0.6 is 11.8 Å². The molecule has 2 amide bonds. The Bertz CT molecular complexity index is 1280. The maximum atomic E-state index is 12.6. The molecule has 0 radical (unpaired) electrons. The van der Waals surface area contributed by atoms with Crippen molar-refractivity contribution in [2.24, 2.45) is 0 Å². The summed E-state index contributed by atoms with van der Waals surface area (Å²) < 4.78 is 16.5. The first-order valence-corrected chi connectivity index (χ1v) is 12.1. The maximum absolute atomic E-state index is 12.6. The number of hydrogen-bond acceptors (Lipinski definition) is 7. The summed E-state index contributed by atoms with van der Waals surface area (Å²) in [7, 11) is 3.13. The molecule has 0 aliphatic carbocycles. The zero-order valence-electron chi connectivity index (χ0n) is 20.2. The number of nitrogens with one attached hydrogen (secondary N) is 3. The van der Waals surface area contributed by atoms with Crippen molar-refractivity contribution in [1.29, 1.82) is 0 Å². The number of para-hydroxylation sites is 1. The molecule has 1 aliphatic heterocycles. The number of rotatable bonds is 9. The van der Waals surface area contributed by atoms with Gasteiger partial charge in [-0.05, 0) is 60.5 Å². The number of amides is 2. The average Bonchev–Trinajstić information content (AvgIpc) is 3.22. The van der Waals surface area contributed by atoms with Gasteiger partial charge in [0.2, 0.25) is 0 Å². The largest absolute Gasteiger partial charge is 0.495 e. The van der Waals surface area contributed by atoms with E-state index in [4.69, 9.17) is 14.2 Å². The second kappa shape index (κ2) is 11.5. The van der Waals surface area contributed by atoms with E-state index in [1.165, 1.54) is 18.9 Å². The molecule has 1 fully saturated rings. The van der Waals surface area contributed by atoms with Crippen LogP contribution in [0.5, 0.6) is 17.2 Å². The molecule has 9 heteroatoms. The van der Waals surface area contributed by atoms with Crippen LogP contribution in [0.25, 0.3) is 6.08 Å². The van der Waals surface area contributed by atoms with Crippen molar-refractivity contribution in [3.8, 4) is 17.2 Å². The number of carbonyl (C=O) groups is 2. The number of methoxy groups -OCH3 is 2. The molecular formula is C27H27N3O5S. The first-order valence-electron chi connectivity index (χ1n) is 11.2. The summed E-state index contributed by atoms with van der Waals surface area (Å²) in [5.41, 5.74) is 3.00. The second-order valence-electron chi connectivity index (χ2n) is 7.94. The Morgan fingerprint density at radius 3 is 2.50 bits per heavy atom. The van der Waals surface area contributed by atoms with Crippen molar-refractivity contribution in [1.82, 2.24) is 5.32 Å². The quantitative estimate of drug-likeness (QED) is 0.365. The molecule has 1 atom stereocenters. The molecule has 0 aromatic heterocycles. The number of aryl methyl sites for hydroxylation is 1. The molecule has 4 rings (SSSR count). The number of benzene rings is 3. The summed E-state index contributed by atoms with van der Waals surface area (Å²) in [5.74, 6) is 1.13. The van der Waals surface area contributed by atoms with Crippen molar-refractivity contribution in [3.05, 3.63) is 82.8 Å². The van der Waals surface area contributed by atoms with Crippen LogP contribution in [0.4, 0.5) is 11.4 Å². The van der Waals surface area contributed by atoms with Crippen molar-refractivity contribution in [2.75, 3.05) is 31.5 Å². The molecule has 1 heterocycles. The van der Waals surface area contributed by atoms with Crippen molar-refractivity contribution in [3.63, 3.8) is 0 Å². The van der Waals surface area contributed by atoms with E-state index in [0.29, 0.717) is 27.8 Å². The number of hydrogen-bond donors (Lipinski definition) is 3. The first kappa shape index (κ1) is 25.0. The molecule has 0 spiro atoms. The van der Waals surface area contributed by atoms with E-state index in [2.05, 4.69) is 16.0 Å². The highest BCUT2D eigenvalue weighted by molar-refractivity contribution is 8.05. The topological polar surface area (TPSA) is 97.9 Å². The van der Waals surface area contributed by atoms with E-state index in [-0.39, 0.29) is 23.9 Å². The molecule has 3 aromatic carbocycles. The lowest BCUT2D eigenvalue weighted by molar-refractivity contribution is -0.118. The van der Waals surface area contributed by atoms with E-state index in [1.54, 1.807) is 43.5 Å². The fourth-order valence-corrected chi connectivity index (χ4v) is 4.52. The van der Waals surface area contributed by atoms with E-state index in [1.807, 2.05) is 43.3 Å². The van der Waals surface area contributed by atoms with Crippen LogP contribution in [0.15, 0.2) is 71.6 Å². The molecule has 36 heavy (non-hydrogen) atoms. The maximum Gasteiger partial charge on any atom is 0.262 e. The Morgan fingerprint density at radius 2 is 1.75 bits per heavy atom. The average molecular weight is 506 g/mol. The van der Waals surface area contributed by atoms with Gasteiger partial charge < -0.3 is 30.2 Å². The summed E-state index contributed by atoms with van der Waals surface area (Å²) in [6.07, 6.45) is 1.78. The van der Waals surface area contributed by atoms with E-state index in [0.717, 1.165) is 16.8 Å². The second-order valence-corrected chi connectivity index (χ2v) is 9.09. The van der Waals surface area contributed by atoms with Gasteiger partial charge in [0, 0.05) is 5.69 Å². The summed E-state index contributed by atoms with van der Waals surface area (Å²) >= 11 is 1.37. The molecule has 8 nitrogen and oxygen atoms in total. The van der Waals surface area contributed by atoms with Gasteiger partial charge >= 0.3 is 0 Å². The van der Waals surface area contributed by atoms with Crippen LogP contribution in [0.3, 0.4) is 0 Å². The number of anilines is 2. The number of thioether (sulfide) groups is 1. The SMILES string of the molecule is COc1ccc(C)cc1NC1NC(=O)/C(=C/c2ccc(OCC(=O)Nc3ccccc3)c(OC)c2)S1. The highest BCUT2D eigenvalue weighted by Gasteiger charge is 2.28. The molecule has 3 N–H and O–H groups in total. The fraction of sp³-hybridized carbons (Fsp3) is 0.185. The van der Waals surface area contributed by atoms with Crippen LogP contribution in [-0.2, 0) is 9.59 Å². The first-order chi connectivity index (χ1) is 17.4. The third kappa shape index (κ3) is 6.31. The van der Waals surface area contributed by atoms with Crippen molar-refractivity contribution < 1.29 is 23.8 Å². The molecule has 1 unspecified atom stereocenters. The smallest absolute Gasteiger partial charge is 0.262 e. The van der Waals surface area contributed by atoms with E-state index >= 15 is 0 Å². The Morgan fingerprint density at radius 1 is 1.00 bits per heavy atom. The fourth-order valence-electron chi connectivity index (χ4n) is 3.55. The van der Waals surface area contributed by atoms with Crippen molar-refractivity contribution >= 4 is 41.0 Å². The zero-order valence-corrected chi connectivity index (χ0v) is 21.0. The molecule has 0 saturated carbocycles. The van der Waals surface area contributed by atoms with Gasteiger partial charge in [0.15, 0.2) is 23.6 Å². The van der Waals surface area contributed by atoms with E-state index < -0.39 is 0 Å². The highest BCUT2D eigenvalue weighted by Crippen LogP contribution is 2.35. The van der Waals surface area contributed by atoms with Gasteiger partial charge in [-0.25, -0.2) is 0 Å². The van der Waals surface area contributed by atoms with Gasteiger partial charge in [-0.1, -0.05) is 42.1 Å². The van der Waals surface area contributed by atoms with Gasteiger partial charge in [0.1, 0.15) is 5.75 Å². The lowest BCUT2D eigenvalue weighted by Crippen LogP contribution is -2.31. The molecule has 1 aliphatic rings. The third-order valence-electron chi connectivity index (χ3n) is 5.27. The standard InChI is InChI=1S/C27H27N3O5S/c1-17-9-11-21(33-2)20(13-17)29-27-30-26(32)24(36-27)15-18-10-12-22(23(14-18)34-3)35-16-25(31)28-19-7-5-4-6-8-19/h4-15,27,29H,16H2,1-3H3,(H,28,31)(H,30,32)/b24-15-. The van der Waals surface area contributed by atoms with Crippen LogP contribution in [0.2, 0.25) is 0 Å². The lowest BCUT2D eigenvalue weighted by Gasteiger charge is -2.16. The molecule has 3 aromatic rings. The van der Waals surface area contributed by atoms with Crippen LogP contribution in [0.1, 0.15) is 11.1 Å². The normalized spacial score (nSPS) is 15.8. The van der Waals surface area contributed by atoms with Crippen LogP contribution in [-0.4, -0.2) is 38.1 Å². The summed E-state index contributed by atoms with van der Waals surface area (Å²) in [6.45, 7) is 1.83. The minimum absolute atomic E-state index is 0.167. The molecular weight excluding hydrogens is 478 g/mol. The monoisotopic (exact) mass is 505 g/mol. The Kier molecular flexibility index (Phi) is 8.02. The van der Waals surface area contributed by atoms with Gasteiger partial charge in [-0.3, -0.25) is 9.59 Å². The van der Waals surface area contributed by atoms with Crippen molar-refractivity contribution in [2.45, 2.75) is 12.4 Å². The predicted octanol–water partition coefficient (Wildman–Crippen LogP) is 4.63. The Labute approximate surface area is 214 Å². The van der Waals surface area contributed by atoms with E-state index in [9.17, 15) is 9.59 Å². The summed E-state index contributed by atoms with van der Waals surface area (Å²) in [6, 6.07) is 20.3. The number of ether oxygens (including phenoxy) is 3. The Hall–Kier alpha value is -4.11. The van der Waals surface area contributed by atoms with Gasteiger partial charge in [0.05, 0.1) is 24.8 Å². The molecule has 1 saturated heterocycles. The minimum Gasteiger partial charge on any atom is -0.495 e. The summed E-state index contributed by atoms with van der Waals surface area (Å²) in [5, 5.41) is 9.00. The van der Waals surface area contributed by atoms with Gasteiger partial charge in [-0.2, -0.15) is 0 Å².